The van der Waals surface area contributed by atoms with Gasteiger partial charge in [-0.05, 0) is 41.1 Å². The van der Waals surface area contributed by atoms with Crippen LogP contribution in [0.15, 0.2) is 47.1 Å². The Labute approximate surface area is 164 Å². The van der Waals surface area contributed by atoms with Gasteiger partial charge in [0.05, 0.1) is 23.8 Å². The molecule has 0 bridgehead atoms. The van der Waals surface area contributed by atoms with Crippen molar-refractivity contribution >= 4 is 38.6 Å². The van der Waals surface area contributed by atoms with Crippen LogP contribution >= 0.6 is 15.9 Å². The Morgan fingerprint density at radius 1 is 1.15 bits per heavy atom. The van der Waals surface area contributed by atoms with Crippen molar-refractivity contribution in [2.24, 2.45) is 0 Å². The zero-order valence-electron chi connectivity index (χ0n) is 14.8. The number of hydrazine groups is 1. The predicted molar refractivity (Wildman–Crippen MR) is 105 cm³/mol. The Balaban J connectivity index is 1.74. The van der Waals surface area contributed by atoms with E-state index in [1.54, 1.807) is 18.3 Å². The van der Waals surface area contributed by atoms with Crippen molar-refractivity contribution in [3.63, 3.8) is 0 Å². The molecule has 0 aliphatic heterocycles. The summed E-state index contributed by atoms with van der Waals surface area (Å²) in [6.45, 7) is 2.31. The van der Waals surface area contributed by atoms with Gasteiger partial charge in [-0.25, -0.2) is 0 Å². The van der Waals surface area contributed by atoms with E-state index in [2.05, 4.69) is 31.8 Å². The molecule has 3 rings (SSSR count). The normalized spacial score (nSPS) is 10.5. The fraction of sp³-hybridized carbons (Fsp3) is 0.158. The lowest BCUT2D eigenvalue weighted by atomic mass is 10.1. The van der Waals surface area contributed by atoms with Crippen molar-refractivity contribution in [3.05, 3.63) is 58.2 Å². The van der Waals surface area contributed by atoms with E-state index in [1.807, 2.05) is 31.2 Å². The summed E-state index contributed by atoms with van der Waals surface area (Å²) in [5, 5.41) is 0.773. The molecule has 3 aromatic rings. The van der Waals surface area contributed by atoms with Gasteiger partial charge in [0.1, 0.15) is 0 Å². The molecule has 0 radical (unpaired) electrons. The highest BCUT2D eigenvalue weighted by molar-refractivity contribution is 9.10. The summed E-state index contributed by atoms with van der Waals surface area (Å²) in [4.78, 5) is 27.8. The fourth-order valence-corrected chi connectivity index (χ4v) is 3.20. The first-order chi connectivity index (χ1) is 13.0. The quantitative estimate of drug-likeness (QED) is 0.539. The largest absolute Gasteiger partial charge is 0.493 e. The van der Waals surface area contributed by atoms with Crippen LogP contribution in [0.4, 0.5) is 0 Å². The van der Waals surface area contributed by atoms with Crippen LogP contribution in [0.5, 0.6) is 11.5 Å². The topological polar surface area (TPSA) is 92.5 Å². The van der Waals surface area contributed by atoms with E-state index in [4.69, 9.17) is 9.47 Å². The second-order valence-corrected chi connectivity index (χ2v) is 6.43. The highest BCUT2D eigenvalue weighted by atomic mass is 79.9. The number of methoxy groups -OCH3 is 1. The average molecular weight is 432 g/mol. The molecule has 0 saturated heterocycles. The van der Waals surface area contributed by atoms with E-state index in [0.717, 1.165) is 10.9 Å². The maximum Gasteiger partial charge on any atom is 0.271 e. The zero-order valence-corrected chi connectivity index (χ0v) is 16.3. The number of carbonyl (C=O) groups is 2. The number of hydrogen-bond acceptors (Lipinski definition) is 4. The van der Waals surface area contributed by atoms with Gasteiger partial charge in [-0.3, -0.25) is 20.4 Å². The van der Waals surface area contributed by atoms with E-state index >= 15 is 0 Å². The van der Waals surface area contributed by atoms with Crippen molar-refractivity contribution in [1.82, 2.24) is 15.8 Å². The van der Waals surface area contributed by atoms with Crippen LogP contribution in [0.3, 0.4) is 0 Å². The predicted octanol–water partition coefficient (Wildman–Crippen LogP) is 3.41. The molecule has 3 N–H and O–H groups in total. The summed E-state index contributed by atoms with van der Waals surface area (Å²) in [6.07, 6.45) is 1.60. The van der Waals surface area contributed by atoms with Crippen molar-refractivity contribution in [2.75, 3.05) is 13.7 Å². The van der Waals surface area contributed by atoms with Crippen LogP contribution in [0.25, 0.3) is 10.9 Å². The molecule has 1 aromatic heterocycles. The Hall–Kier alpha value is -3.00. The molecule has 1 heterocycles. The number of amides is 2. The number of aromatic amines is 1. The maximum atomic E-state index is 12.4. The molecule has 2 aromatic carbocycles. The van der Waals surface area contributed by atoms with Crippen molar-refractivity contribution in [3.8, 4) is 11.5 Å². The summed E-state index contributed by atoms with van der Waals surface area (Å²) in [5.74, 6) is 0.0294. The molecule has 0 spiro atoms. The van der Waals surface area contributed by atoms with Crippen LogP contribution in [-0.2, 0) is 0 Å². The van der Waals surface area contributed by atoms with Gasteiger partial charge in [0, 0.05) is 22.7 Å². The highest BCUT2D eigenvalue weighted by Crippen LogP contribution is 2.36. The van der Waals surface area contributed by atoms with Crippen molar-refractivity contribution < 1.29 is 19.1 Å². The number of halogens is 1. The molecule has 2 amide bonds. The Bertz CT molecular complexity index is 1000. The Kier molecular flexibility index (Phi) is 5.66. The second-order valence-electron chi connectivity index (χ2n) is 5.58. The molecular formula is C19H18BrN3O4. The van der Waals surface area contributed by atoms with Gasteiger partial charge in [0.25, 0.3) is 11.8 Å². The standard InChI is InChI=1S/C19H18BrN3O4/c1-3-27-17-14(20)8-11(9-16(17)26-2)18(24)22-23-19(25)13-10-21-15-7-5-4-6-12(13)15/h4-10,21H,3H2,1-2H3,(H,22,24)(H,23,25). The minimum Gasteiger partial charge on any atom is -0.493 e. The Morgan fingerprint density at radius 2 is 1.89 bits per heavy atom. The SMILES string of the molecule is CCOc1c(Br)cc(C(=O)NNC(=O)c2c[nH]c3ccccc23)cc1OC. The van der Waals surface area contributed by atoms with Crippen LogP contribution in [-0.4, -0.2) is 30.5 Å². The number of H-pyrrole nitrogens is 1. The number of para-hydroxylation sites is 1. The van der Waals surface area contributed by atoms with Crippen molar-refractivity contribution in [2.45, 2.75) is 6.92 Å². The third-order valence-corrected chi connectivity index (χ3v) is 4.49. The number of hydrogen-bond donors (Lipinski definition) is 3. The summed E-state index contributed by atoms with van der Waals surface area (Å²) in [5.41, 5.74) is 6.43. The molecule has 7 nitrogen and oxygen atoms in total. The number of nitrogens with one attached hydrogen (secondary N) is 3. The molecule has 0 unspecified atom stereocenters. The first kappa shape index (κ1) is 18.8. The van der Waals surface area contributed by atoms with Crippen LogP contribution in [0.2, 0.25) is 0 Å². The average Bonchev–Trinajstić information content (AvgIpc) is 3.11. The molecule has 0 aliphatic carbocycles. The highest BCUT2D eigenvalue weighted by Gasteiger charge is 2.17. The molecule has 0 atom stereocenters. The first-order valence-electron chi connectivity index (χ1n) is 8.22. The number of ether oxygens (including phenoxy) is 2. The van der Waals surface area contributed by atoms with E-state index < -0.39 is 11.8 Å². The molecule has 8 heteroatoms. The van der Waals surface area contributed by atoms with Crippen LogP contribution in [0.1, 0.15) is 27.6 Å². The monoisotopic (exact) mass is 431 g/mol. The fourth-order valence-electron chi connectivity index (χ4n) is 2.65. The number of carbonyl (C=O) groups excluding carboxylic acids is 2. The van der Waals surface area contributed by atoms with Gasteiger partial charge in [0.15, 0.2) is 11.5 Å². The van der Waals surface area contributed by atoms with E-state index in [9.17, 15) is 9.59 Å². The molecular weight excluding hydrogens is 414 g/mol. The smallest absolute Gasteiger partial charge is 0.271 e. The molecule has 0 fully saturated rings. The van der Waals surface area contributed by atoms with Crippen LogP contribution < -0.4 is 20.3 Å². The second kappa shape index (κ2) is 8.13. The maximum absolute atomic E-state index is 12.4. The molecule has 0 aliphatic rings. The van der Waals surface area contributed by atoms with Gasteiger partial charge < -0.3 is 14.5 Å². The van der Waals surface area contributed by atoms with Gasteiger partial charge in [0.2, 0.25) is 0 Å². The lowest BCUT2D eigenvalue weighted by molar-refractivity contribution is 0.0847. The molecule has 140 valence electrons. The zero-order chi connectivity index (χ0) is 19.4. The van der Waals surface area contributed by atoms with Gasteiger partial charge >= 0.3 is 0 Å². The third kappa shape index (κ3) is 3.90. The molecule has 0 saturated carbocycles. The number of aromatic nitrogens is 1. The third-order valence-electron chi connectivity index (χ3n) is 3.90. The van der Waals surface area contributed by atoms with E-state index in [0.29, 0.717) is 33.7 Å². The lowest BCUT2D eigenvalue weighted by Crippen LogP contribution is -2.41. The Morgan fingerprint density at radius 3 is 2.63 bits per heavy atom. The summed E-state index contributed by atoms with van der Waals surface area (Å²) < 4.78 is 11.4. The van der Waals surface area contributed by atoms with Gasteiger partial charge in [-0.15, -0.1) is 0 Å². The summed E-state index contributed by atoms with van der Waals surface area (Å²) in [7, 11) is 1.49. The minimum absolute atomic E-state index is 0.307. The number of benzene rings is 2. The van der Waals surface area contributed by atoms with Gasteiger partial charge in [-0.1, -0.05) is 18.2 Å². The van der Waals surface area contributed by atoms with Crippen LogP contribution in [0, 0.1) is 0 Å². The number of fused-ring (bicyclic) bond motifs is 1. The van der Waals surface area contributed by atoms with E-state index in [-0.39, 0.29) is 0 Å². The summed E-state index contributed by atoms with van der Waals surface area (Å²) >= 11 is 3.37. The summed E-state index contributed by atoms with van der Waals surface area (Å²) in [6, 6.07) is 10.6. The lowest BCUT2D eigenvalue weighted by Gasteiger charge is -2.13. The van der Waals surface area contributed by atoms with E-state index in [1.165, 1.54) is 7.11 Å². The van der Waals surface area contributed by atoms with Gasteiger partial charge in [-0.2, -0.15) is 0 Å². The molecule has 27 heavy (non-hydrogen) atoms. The number of rotatable bonds is 5. The minimum atomic E-state index is -0.481. The van der Waals surface area contributed by atoms with Crippen molar-refractivity contribution in [1.29, 1.82) is 0 Å². The first-order valence-corrected chi connectivity index (χ1v) is 9.01.